The Kier molecular flexibility index (Phi) is 7.37. The van der Waals surface area contributed by atoms with E-state index in [1.807, 2.05) is 55.5 Å². The normalized spacial score (nSPS) is 11.7. The molecular weight excluding hydrogens is 454 g/mol. The Labute approximate surface area is 202 Å². The average Bonchev–Trinajstić information content (AvgIpc) is 3.17. The number of imidazole rings is 1. The van der Waals surface area contributed by atoms with Crippen molar-refractivity contribution < 1.29 is 9.53 Å². The van der Waals surface area contributed by atoms with Crippen LogP contribution in [0.4, 0.5) is 5.69 Å². The van der Waals surface area contributed by atoms with Crippen LogP contribution in [-0.2, 0) is 11.2 Å². The van der Waals surface area contributed by atoms with Gasteiger partial charge in [0, 0.05) is 17.8 Å². The highest BCUT2D eigenvalue weighted by Gasteiger charge is 2.24. The van der Waals surface area contributed by atoms with E-state index in [-0.39, 0.29) is 5.91 Å². The number of aryl methyl sites for hydroxylation is 1. The van der Waals surface area contributed by atoms with Gasteiger partial charge in [-0.15, -0.1) is 0 Å². The van der Waals surface area contributed by atoms with E-state index in [2.05, 4.69) is 22.4 Å². The van der Waals surface area contributed by atoms with E-state index in [4.69, 9.17) is 21.3 Å². The molecule has 0 saturated heterocycles. The SMILES string of the molecule is COc1ccc(NC(=O)C(Sc2nc(Cc3ccccc3)c(C)[nH]2)c2ccccc2)cc1Cl. The Bertz CT molecular complexity index is 1230. The Hall–Kier alpha value is -3.22. The Morgan fingerprint density at radius 2 is 1.79 bits per heavy atom. The van der Waals surface area contributed by atoms with Gasteiger partial charge in [0.1, 0.15) is 11.0 Å². The summed E-state index contributed by atoms with van der Waals surface area (Å²) < 4.78 is 5.20. The molecule has 0 fully saturated rings. The molecule has 1 heterocycles. The molecule has 7 heteroatoms. The number of halogens is 1. The number of ether oxygens (including phenoxy) is 1. The number of rotatable bonds is 8. The van der Waals surface area contributed by atoms with Gasteiger partial charge in [0.25, 0.3) is 0 Å². The maximum absolute atomic E-state index is 13.3. The number of nitrogens with one attached hydrogen (secondary N) is 2. The first-order valence-corrected chi connectivity index (χ1v) is 11.7. The van der Waals surface area contributed by atoms with Crippen molar-refractivity contribution in [1.82, 2.24) is 9.97 Å². The van der Waals surface area contributed by atoms with Crippen molar-refractivity contribution in [2.75, 3.05) is 12.4 Å². The summed E-state index contributed by atoms with van der Waals surface area (Å²) in [5.74, 6) is 0.395. The van der Waals surface area contributed by atoms with Gasteiger partial charge >= 0.3 is 0 Å². The smallest absolute Gasteiger partial charge is 0.242 e. The number of anilines is 1. The van der Waals surface area contributed by atoms with Crippen molar-refractivity contribution in [3.8, 4) is 5.75 Å². The Balaban J connectivity index is 1.56. The van der Waals surface area contributed by atoms with Gasteiger partial charge in [0.2, 0.25) is 5.91 Å². The molecule has 4 aromatic rings. The van der Waals surface area contributed by atoms with Crippen LogP contribution < -0.4 is 10.1 Å². The topological polar surface area (TPSA) is 67.0 Å². The van der Waals surface area contributed by atoms with Crippen molar-refractivity contribution >= 4 is 35.0 Å². The lowest BCUT2D eigenvalue weighted by Crippen LogP contribution is -2.19. The first kappa shape index (κ1) is 23.0. The number of aromatic nitrogens is 2. The van der Waals surface area contributed by atoms with Crippen LogP contribution in [0.15, 0.2) is 84.0 Å². The quantitative estimate of drug-likeness (QED) is 0.286. The molecule has 33 heavy (non-hydrogen) atoms. The summed E-state index contributed by atoms with van der Waals surface area (Å²) in [5, 5.41) is 3.62. The van der Waals surface area contributed by atoms with E-state index in [0.717, 1.165) is 23.4 Å². The molecule has 0 radical (unpaired) electrons. The fourth-order valence-corrected chi connectivity index (χ4v) is 4.76. The van der Waals surface area contributed by atoms with Gasteiger partial charge in [-0.05, 0) is 36.2 Å². The summed E-state index contributed by atoms with van der Waals surface area (Å²) in [6.07, 6.45) is 0.732. The number of carbonyl (C=O) groups is 1. The lowest BCUT2D eigenvalue weighted by atomic mass is 10.1. The van der Waals surface area contributed by atoms with Crippen LogP contribution in [0.5, 0.6) is 5.75 Å². The minimum atomic E-state index is -0.498. The largest absolute Gasteiger partial charge is 0.495 e. The second kappa shape index (κ2) is 10.6. The molecule has 1 amide bonds. The van der Waals surface area contributed by atoms with Gasteiger partial charge in [0.05, 0.1) is 17.8 Å². The van der Waals surface area contributed by atoms with E-state index in [9.17, 15) is 4.79 Å². The standard InChI is InChI=1S/C26H24ClN3O2S/c1-17-22(15-18-9-5-3-6-10-18)30-26(28-17)33-24(19-11-7-4-8-12-19)25(31)29-20-13-14-23(32-2)21(27)16-20/h3-14,16,24H,15H2,1-2H3,(H,28,30)(H,29,31). The Morgan fingerprint density at radius 3 is 2.45 bits per heavy atom. The van der Waals surface area contributed by atoms with Crippen LogP contribution in [0, 0.1) is 6.92 Å². The predicted molar refractivity (Wildman–Crippen MR) is 134 cm³/mol. The third kappa shape index (κ3) is 5.78. The van der Waals surface area contributed by atoms with E-state index in [0.29, 0.717) is 21.6 Å². The van der Waals surface area contributed by atoms with Gasteiger partial charge in [-0.1, -0.05) is 84.0 Å². The number of carbonyl (C=O) groups excluding carboxylic acids is 1. The fourth-order valence-electron chi connectivity index (χ4n) is 3.45. The van der Waals surface area contributed by atoms with Crippen LogP contribution in [0.1, 0.15) is 27.8 Å². The summed E-state index contributed by atoms with van der Waals surface area (Å²) >= 11 is 7.62. The molecule has 0 aliphatic rings. The number of aromatic amines is 1. The van der Waals surface area contributed by atoms with Crippen LogP contribution in [0.2, 0.25) is 5.02 Å². The molecule has 5 nitrogen and oxygen atoms in total. The van der Waals surface area contributed by atoms with Crippen LogP contribution in [0.25, 0.3) is 0 Å². The minimum Gasteiger partial charge on any atom is -0.495 e. The van der Waals surface area contributed by atoms with Crippen molar-refractivity contribution in [1.29, 1.82) is 0 Å². The third-order valence-corrected chi connectivity index (χ3v) is 6.60. The van der Waals surface area contributed by atoms with Crippen molar-refractivity contribution in [3.05, 3.63) is 106 Å². The number of thioether (sulfide) groups is 1. The molecule has 0 bridgehead atoms. The minimum absolute atomic E-state index is 0.161. The lowest BCUT2D eigenvalue weighted by molar-refractivity contribution is -0.115. The molecule has 1 aromatic heterocycles. The van der Waals surface area contributed by atoms with E-state index < -0.39 is 5.25 Å². The highest BCUT2D eigenvalue weighted by molar-refractivity contribution is 8.00. The van der Waals surface area contributed by atoms with Crippen molar-refractivity contribution in [3.63, 3.8) is 0 Å². The zero-order valence-corrected chi connectivity index (χ0v) is 19.9. The first-order chi connectivity index (χ1) is 16.0. The van der Waals surface area contributed by atoms with E-state index in [1.54, 1.807) is 25.3 Å². The molecular formula is C26H24ClN3O2S. The molecule has 0 aliphatic carbocycles. The van der Waals surface area contributed by atoms with Gasteiger partial charge in [0.15, 0.2) is 5.16 Å². The molecule has 0 spiro atoms. The maximum Gasteiger partial charge on any atom is 0.242 e. The second-order valence-corrected chi connectivity index (χ2v) is 9.02. The number of H-pyrrole nitrogens is 1. The number of benzene rings is 3. The average molecular weight is 478 g/mol. The number of methoxy groups -OCH3 is 1. The summed E-state index contributed by atoms with van der Waals surface area (Å²) in [6.45, 7) is 2.01. The summed E-state index contributed by atoms with van der Waals surface area (Å²) in [4.78, 5) is 21.4. The number of nitrogens with zero attached hydrogens (tertiary/aromatic N) is 1. The number of hydrogen-bond acceptors (Lipinski definition) is 4. The van der Waals surface area contributed by atoms with E-state index in [1.165, 1.54) is 17.3 Å². The van der Waals surface area contributed by atoms with Crippen LogP contribution in [0.3, 0.4) is 0 Å². The zero-order valence-electron chi connectivity index (χ0n) is 18.3. The summed E-state index contributed by atoms with van der Waals surface area (Å²) in [7, 11) is 1.55. The fraction of sp³-hybridized carbons (Fsp3) is 0.154. The van der Waals surface area contributed by atoms with Crippen LogP contribution >= 0.6 is 23.4 Å². The predicted octanol–water partition coefficient (Wildman–Crippen LogP) is 6.44. The van der Waals surface area contributed by atoms with Gasteiger partial charge < -0.3 is 15.0 Å². The van der Waals surface area contributed by atoms with Crippen LogP contribution in [-0.4, -0.2) is 23.0 Å². The Morgan fingerprint density at radius 1 is 1.09 bits per heavy atom. The molecule has 0 aliphatic heterocycles. The van der Waals surface area contributed by atoms with Crippen molar-refractivity contribution in [2.45, 2.75) is 23.8 Å². The van der Waals surface area contributed by atoms with E-state index >= 15 is 0 Å². The molecule has 168 valence electrons. The molecule has 2 N–H and O–H groups in total. The molecule has 3 aromatic carbocycles. The lowest BCUT2D eigenvalue weighted by Gasteiger charge is -2.16. The highest BCUT2D eigenvalue weighted by atomic mass is 35.5. The zero-order chi connectivity index (χ0) is 23.2. The molecule has 0 saturated carbocycles. The highest BCUT2D eigenvalue weighted by Crippen LogP contribution is 2.36. The molecule has 4 rings (SSSR count). The first-order valence-electron chi connectivity index (χ1n) is 10.5. The number of amides is 1. The maximum atomic E-state index is 13.3. The van der Waals surface area contributed by atoms with Crippen molar-refractivity contribution in [2.24, 2.45) is 0 Å². The number of hydrogen-bond donors (Lipinski definition) is 2. The monoisotopic (exact) mass is 477 g/mol. The summed E-state index contributed by atoms with van der Waals surface area (Å²) in [6, 6.07) is 25.1. The van der Waals surface area contributed by atoms with Gasteiger partial charge in [-0.2, -0.15) is 0 Å². The second-order valence-electron chi connectivity index (χ2n) is 7.52. The molecule has 1 atom stereocenters. The molecule has 1 unspecified atom stereocenters. The van der Waals surface area contributed by atoms with Gasteiger partial charge in [-0.3, -0.25) is 4.79 Å². The van der Waals surface area contributed by atoms with Gasteiger partial charge in [-0.25, -0.2) is 4.98 Å². The summed E-state index contributed by atoms with van der Waals surface area (Å²) in [5.41, 5.74) is 4.65. The third-order valence-electron chi connectivity index (χ3n) is 5.17.